The van der Waals surface area contributed by atoms with Crippen molar-refractivity contribution < 1.29 is 14.5 Å². The normalized spacial score (nSPS) is 13.7. The van der Waals surface area contributed by atoms with Gasteiger partial charge in [0.1, 0.15) is 0 Å². The largest absolute Gasteiger partial charge is 0.352 e. The molecule has 1 aromatic rings. The summed E-state index contributed by atoms with van der Waals surface area (Å²) in [5.41, 5.74) is 0.0389. The van der Waals surface area contributed by atoms with E-state index >= 15 is 0 Å². The Morgan fingerprint density at radius 3 is 2.70 bits per heavy atom. The smallest absolute Gasteiger partial charge is 0.270 e. The number of nitrogens with zero attached hydrogens (tertiary/aromatic N) is 1. The summed E-state index contributed by atoms with van der Waals surface area (Å²) in [7, 11) is 0. The molecule has 0 spiro atoms. The molecule has 1 aliphatic carbocycles. The molecule has 8 heteroatoms. The van der Waals surface area contributed by atoms with Gasteiger partial charge in [-0.15, -0.1) is 0 Å². The van der Waals surface area contributed by atoms with Gasteiger partial charge >= 0.3 is 0 Å². The molecule has 1 aliphatic rings. The summed E-state index contributed by atoms with van der Waals surface area (Å²) < 4.78 is 0.591. The van der Waals surface area contributed by atoms with E-state index in [9.17, 15) is 19.7 Å². The molecule has 1 saturated carbocycles. The number of carbonyl (C=O) groups is 2. The molecular formula is C12H12IN3O4. The lowest BCUT2D eigenvalue weighted by atomic mass is 10.2. The fraction of sp³-hybridized carbons (Fsp3) is 0.333. The highest BCUT2D eigenvalue weighted by Crippen LogP contribution is 2.20. The van der Waals surface area contributed by atoms with Crippen molar-refractivity contribution in [1.29, 1.82) is 0 Å². The first-order valence-corrected chi connectivity index (χ1v) is 7.07. The second-order valence-electron chi connectivity index (χ2n) is 4.45. The minimum absolute atomic E-state index is 0.131. The highest BCUT2D eigenvalue weighted by atomic mass is 127. The van der Waals surface area contributed by atoms with E-state index in [0.29, 0.717) is 3.57 Å². The van der Waals surface area contributed by atoms with Gasteiger partial charge in [0.2, 0.25) is 5.91 Å². The predicted molar refractivity (Wildman–Crippen MR) is 79.3 cm³/mol. The Kier molecular flexibility index (Phi) is 4.53. The van der Waals surface area contributed by atoms with Crippen LogP contribution in [0.1, 0.15) is 23.2 Å². The van der Waals surface area contributed by atoms with Crippen molar-refractivity contribution in [2.45, 2.75) is 18.9 Å². The fourth-order valence-electron chi connectivity index (χ4n) is 1.56. The fourth-order valence-corrected chi connectivity index (χ4v) is 2.14. The first-order chi connectivity index (χ1) is 9.47. The zero-order valence-electron chi connectivity index (χ0n) is 10.4. The number of amides is 2. The van der Waals surface area contributed by atoms with Crippen LogP contribution in [-0.2, 0) is 4.79 Å². The Labute approximate surface area is 128 Å². The van der Waals surface area contributed by atoms with Crippen LogP contribution in [0.4, 0.5) is 5.69 Å². The van der Waals surface area contributed by atoms with Gasteiger partial charge in [-0.3, -0.25) is 19.7 Å². The second kappa shape index (κ2) is 6.16. The number of rotatable bonds is 5. The molecule has 0 bridgehead atoms. The average molecular weight is 389 g/mol. The highest BCUT2D eigenvalue weighted by Gasteiger charge is 2.23. The molecule has 0 aromatic heterocycles. The van der Waals surface area contributed by atoms with Gasteiger partial charge < -0.3 is 10.6 Å². The van der Waals surface area contributed by atoms with E-state index in [1.54, 1.807) is 0 Å². The van der Waals surface area contributed by atoms with Crippen LogP contribution in [0.2, 0.25) is 0 Å². The van der Waals surface area contributed by atoms with Crippen LogP contribution in [0.5, 0.6) is 0 Å². The Balaban J connectivity index is 1.98. The Bertz CT molecular complexity index is 572. The Hall–Kier alpha value is -1.71. The van der Waals surface area contributed by atoms with Crippen LogP contribution in [-0.4, -0.2) is 29.3 Å². The van der Waals surface area contributed by atoms with Crippen LogP contribution in [0.25, 0.3) is 0 Å². The van der Waals surface area contributed by atoms with E-state index in [1.165, 1.54) is 18.2 Å². The van der Waals surface area contributed by atoms with Crippen LogP contribution >= 0.6 is 22.6 Å². The van der Waals surface area contributed by atoms with Crippen molar-refractivity contribution in [3.63, 3.8) is 0 Å². The maximum absolute atomic E-state index is 11.9. The molecule has 2 amide bonds. The van der Waals surface area contributed by atoms with Gasteiger partial charge in [0, 0.05) is 21.7 Å². The van der Waals surface area contributed by atoms with Crippen molar-refractivity contribution in [1.82, 2.24) is 10.6 Å². The first-order valence-electron chi connectivity index (χ1n) is 5.99. The highest BCUT2D eigenvalue weighted by molar-refractivity contribution is 14.1. The molecule has 1 aromatic carbocycles. The zero-order valence-corrected chi connectivity index (χ0v) is 12.5. The molecule has 0 saturated heterocycles. The minimum atomic E-state index is -0.563. The molecule has 0 heterocycles. The van der Waals surface area contributed by atoms with E-state index < -0.39 is 10.8 Å². The quantitative estimate of drug-likeness (QED) is 0.449. The summed E-state index contributed by atoms with van der Waals surface area (Å²) in [6, 6.07) is 4.27. The molecule has 0 radical (unpaired) electrons. The predicted octanol–water partition coefficient (Wildman–Crippen LogP) is 1.21. The standard InChI is InChI=1S/C12H12IN3O4/c13-10-4-3-8(16(19)20)5-9(10)12(18)14-6-11(17)15-7-1-2-7/h3-5,7H,1-2,6H2,(H,14,18)(H,15,17). The van der Waals surface area contributed by atoms with Crippen LogP contribution in [0.3, 0.4) is 0 Å². The number of non-ortho nitro benzene ring substituents is 1. The summed E-state index contributed by atoms with van der Waals surface area (Å²) in [5, 5.41) is 15.9. The number of nitrogens with one attached hydrogen (secondary N) is 2. The summed E-state index contributed by atoms with van der Waals surface area (Å²) >= 11 is 1.92. The molecule has 2 rings (SSSR count). The third-order valence-electron chi connectivity index (χ3n) is 2.76. The number of hydrogen-bond acceptors (Lipinski definition) is 4. The molecule has 7 nitrogen and oxygen atoms in total. The number of halogens is 1. The summed E-state index contributed by atoms with van der Waals surface area (Å²) in [6.45, 7) is -0.131. The van der Waals surface area contributed by atoms with Gasteiger partial charge in [-0.1, -0.05) is 0 Å². The van der Waals surface area contributed by atoms with E-state index in [1.807, 2.05) is 22.6 Å². The molecular weight excluding hydrogens is 377 g/mol. The monoisotopic (exact) mass is 389 g/mol. The summed E-state index contributed by atoms with van der Waals surface area (Å²) in [5.74, 6) is -0.745. The molecule has 20 heavy (non-hydrogen) atoms. The van der Waals surface area contributed by atoms with Gasteiger partial charge in [0.25, 0.3) is 11.6 Å². The number of nitro benzene ring substituents is 1. The van der Waals surface area contributed by atoms with Crippen molar-refractivity contribution in [2.75, 3.05) is 6.54 Å². The van der Waals surface area contributed by atoms with E-state index in [2.05, 4.69) is 10.6 Å². The SMILES string of the molecule is O=C(CNC(=O)c1cc([N+](=O)[O-])ccc1I)NC1CC1. The maximum Gasteiger partial charge on any atom is 0.270 e. The van der Waals surface area contributed by atoms with Crippen molar-refractivity contribution in [2.24, 2.45) is 0 Å². The van der Waals surface area contributed by atoms with E-state index in [-0.39, 0.29) is 29.7 Å². The lowest BCUT2D eigenvalue weighted by Gasteiger charge is -2.07. The van der Waals surface area contributed by atoms with Gasteiger partial charge in [0.05, 0.1) is 17.0 Å². The van der Waals surface area contributed by atoms with Crippen LogP contribution < -0.4 is 10.6 Å². The second-order valence-corrected chi connectivity index (χ2v) is 5.61. The summed E-state index contributed by atoms with van der Waals surface area (Å²) in [4.78, 5) is 33.5. The number of hydrogen-bond donors (Lipinski definition) is 2. The van der Waals surface area contributed by atoms with Crippen molar-refractivity contribution in [3.05, 3.63) is 37.4 Å². The third-order valence-corrected chi connectivity index (χ3v) is 3.70. The van der Waals surface area contributed by atoms with E-state index in [4.69, 9.17) is 0 Å². The van der Waals surface area contributed by atoms with Crippen molar-refractivity contribution in [3.8, 4) is 0 Å². The number of benzene rings is 1. The molecule has 106 valence electrons. The van der Waals surface area contributed by atoms with E-state index in [0.717, 1.165) is 12.8 Å². The third kappa shape index (κ3) is 3.89. The van der Waals surface area contributed by atoms with Crippen molar-refractivity contribution >= 4 is 40.1 Å². The number of nitro groups is 1. The summed E-state index contributed by atoms with van der Waals surface area (Å²) in [6.07, 6.45) is 1.95. The van der Waals surface area contributed by atoms with Gasteiger partial charge in [-0.25, -0.2) is 0 Å². The maximum atomic E-state index is 11.9. The number of carbonyl (C=O) groups excluding carboxylic acids is 2. The molecule has 1 fully saturated rings. The van der Waals surface area contributed by atoms with Gasteiger partial charge in [-0.2, -0.15) is 0 Å². The molecule has 2 N–H and O–H groups in total. The van der Waals surface area contributed by atoms with Crippen LogP contribution in [0.15, 0.2) is 18.2 Å². The lowest BCUT2D eigenvalue weighted by Crippen LogP contribution is -2.38. The molecule has 0 unspecified atom stereocenters. The minimum Gasteiger partial charge on any atom is -0.352 e. The van der Waals surface area contributed by atoms with Crippen LogP contribution in [0, 0.1) is 13.7 Å². The Morgan fingerprint density at radius 1 is 1.40 bits per heavy atom. The van der Waals surface area contributed by atoms with Gasteiger partial charge in [-0.05, 0) is 41.5 Å². The molecule has 0 aliphatic heterocycles. The molecule has 0 atom stereocenters. The lowest BCUT2D eigenvalue weighted by molar-refractivity contribution is -0.384. The topological polar surface area (TPSA) is 101 Å². The zero-order chi connectivity index (χ0) is 14.7. The Morgan fingerprint density at radius 2 is 2.10 bits per heavy atom. The van der Waals surface area contributed by atoms with Gasteiger partial charge in [0.15, 0.2) is 0 Å². The average Bonchev–Trinajstić information content (AvgIpc) is 3.20. The first kappa shape index (κ1) is 14.7.